The van der Waals surface area contributed by atoms with Crippen LogP contribution in [-0.2, 0) is 11.3 Å². The monoisotopic (exact) mass is 261 g/mol. The van der Waals surface area contributed by atoms with E-state index in [4.69, 9.17) is 5.73 Å². The molecule has 0 saturated heterocycles. The smallest absolute Gasteiger partial charge is 0.234 e. The number of carbonyl (C=O) groups is 1. The van der Waals surface area contributed by atoms with Crippen molar-refractivity contribution in [2.75, 3.05) is 20.1 Å². The fourth-order valence-corrected chi connectivity index (χ4v) is 2.17. The molecule has 1 fully saturated rings. The number of benzene rings is 1. The summed E-state index contributed by atoms with van der Waals surface area (Å²) in [6, 6.07) is 10.3. The summed E-state index contributed by atoms with van der Waals surface area (Å²) in [4.78, 5) is 13.8. The predicted octanol–water partition coefficient (Wildman–Crippen LogP) is 0.972. The fraction of sp³-hybridized carbons (Fsp3) is 0.533. The molecule has 1 unspecified atom stereocenters. The maximum atomic E-state index is 11.8. The average molecular weight is 261 g/mol. The fourth-order valence-electron chi connectivity index (χ4n) is 2.17. The van der Waals surface area contributed by atoms with Gasteiger partial charge in [-0.25, -0.2) is 0 Å². The first-order chi connectivity index (χ1) is 9.15. The van der Waals surface area contributed by atoms with Crippen molar-refractivity contribution < 1.29 is 4.79 Å². The number of likely N-dealkylation sites (N-methyl/N-ethyl adjacent to an activating group) is 1. The molecule has 0 heterocycles. The van der Waals surface area contributed by atoms with Gasteiger partial charge in [0, 0.05) is 19.1 Å². The number of hydrogen-bond donors (Lipinski definition) is 2. The number of rotatable bonds is 7. The molecule has 4 heteroatoms. The molecule has 4 nitrogen and oxygen atoms in total. The average Bonchev–Trinajstić information content (AvgIpc) is 3.21. The molecule has 1 saturated carbocycles. The Morgan fingerprint density at radius 2 is 2.11 bits per heavy atom. The molecule has 0 aliphatic heterocycles. The molecule has 1 aromatic rings. The van der Waals surface area contributed by atoms with Gasteiger partial charge in [0.2, 0.25) is 5.91 Å². The molecule has 1 atom stereocenters. The number of nitrogens with zero attached hydrogens (tertiary/aromatic N) is 1. The first kappa shape index (κ1) is 14.0. The molecular weight excluding hydrogens is 238 g/mol. The van der Waals surface area contributed by atoms with Crippen molar-refractivity contribution in [2.45, 2.75) is 25.4 Å². The maximum Gasteiger partial charge on any atom is 0.234 e. The summed E-state index contributed by atoms with van der Waals surface area (Å²) in [5, 5.41) is 2.91. The van der Waals surface area contributed by atoms with E-state index in [2.05, 4.69) is 17.4 Å². The van der Waals surface area contributed by atoms with Crippen LogP contribution < -0.4 is 11.1 Å². The second-order valence-electron chi connectivity index (χ2n) is 5.46. The van der Waals surface area contributed by atoms with Gasteiger partial charge >= 0.3 is 0 Å². The van der Waals surface area contributed by atoms with E-state index in [1.165, 1.54) is 18.4 Å². The zero-order valence-corrected chi connectivity index (χ0v) is 11.5. The minimum absolute atomic E-state index is 0.0505. The SMILES string of the molecule is CN(CC(=O)NCC(N)C1CC1)Cc1ccccc1. The van der Waals surface area contributed by atoms with E-state index in [-0.39, 0.29) is 11.9 Å². The highest BCUT2D eigenvalue weighted by Gasteiger charge is 2.28. The van der Waals surface area contributed by atoms with Crippen LogP contribution in [0.4, 0.5) is 0 Å². The van der Waals surface area contributed by atoms with E-state index < -0.39 is 0 Å². The van der Waals surface area contributed by atoms with Crippen molar-refractivity contribution in [1.82, 2.24) is 10.2 Å². The Kier molecular flexibility index (Phi) is 4.93. The van der Waals surface area contributed by atoms with Gasteiger partial charge in [0.25, 0.3) is 0 Å². The third-order valence-corrected chi connectivity index (χ3v) is 3.47. The summed E-state index contributed by atoms with van der Waals surface area (Å²) < 4.78 is 0. The first-order valence-electron chi connectivity index (χ1n) is 6.90. The Hall–Kier alpha value is -1.39. The summed E-state index contributed by atoms with van der Waals surface area (Å²) in [7, 11) is 1.95. The Morgan fingerprint density at radius 1 is 1.42 bits per heavy atom. The molecule has 2 rings (SSSR count). The lowest BCUT2D eigenvalue weighted by Crippen LogP contribution is -2.42. The quantitative estimate of drug-likeness (QED) is 0.769. The summed E-state index contributed by atoms with van der Waals surface area (Å²) in [6.07, 6.45) is 2.43. The van der Waals surface area contributed by atoms with Crippen molar-refractivity contribution in [3.8, 4) is 0 Å². The van der Waals surface area contributed by atoms with Crippen LogP contribution in [-0.4, -0.2) is 37.0 Å². The van der Waals surface area contributed by atoms with Crippen LogP contribution >= 0.6 is 0 Å². The van der Waals surface area contributed by atoms with Gasteiger partial charge in [-0.2, -0.15) is 0 Å². The number of nitrogens with two attached hydrogens (primary N) is 1. The van der Waals surface area contributed by atoms with Crippen LogP contribution in [0.1, 0.15) is 18.4 Å². The van der Waals surface area contributed by atoms with Crippen molar-refractivity contribution >= 4 is 5.91 Å². The maximum absolute atomic E-state index is 11.8. The Balaban J connectivity index is 1.66. The summed E-state index contributed by atoms with van der Waals surface area (Å²) in [5.74, 6) is 0.678. The van der Waals surface area contributed by atoms with Crippen LogP contribution in [0.5, 0.6) is 0 Å². The number of hydrogen-bond acceptors (Lipinski definition) is 3. The van der Waals surface area contributed by atoms with Crippen LogP contribution in [0, 0.1) is 5.92 Å². The molecule has 104 valence electrons. The largest absolute Gasteiger partial charge is 0.353 e. The lowest BCUT2D eigenvalue weighted by Gasteiger charge is -2.17. The minimum Gasteiger partial charge on any atom is -0.353 e. The molecule has 0 radical (unpaired) electrons. The Labute approximate surface area is 115 Å². The normalized spacial score (nSPS) is 16.4. The summed E-state index contributed by atoms with van der Waals surface area (Å²) >= 11 is 0. The highest BCUT2D eigenvalue weighted by molar-refractivity contribution is 5.78. The van der Waals surface area contributed by atoms with Gasteiger partial charge in [-0.15, -0.1) is 0 Å². The standard InChI is InChI=1S/C15H23N3O/c1-18(10-12-5-3-2-4-6-12)11-15(19)17-9-14(16)13-7-8-13/h2-6,13-14H,7-11,16H2,1H3,(H,17,19). The molecule has 19 heavy (non-hydrogen) atoms. The number of nitrogens with one attached hydrogen (secondary N) is 1. The highest BCUT2D eigenvalue weighted by atomic mass is 16.2. The van der Waals surface area contributed by atoms with Crippen LogP contribution in [0.25, 0.3) is 0 Å². The number of carbonyl (C=O) groups excluding carboxylic acids is 1. The predicted molar refractivity (Wildman–Crippen MR) is 76.5 cm³/mol. The second kappa shape index (κ2) is 6.68. The second-order valence-corrected chi connectivity index (χ2v) is 5.46. The van der Waals surface area contributed by atoms with E-state index >= 15 is 0 Å². The van der Waals surface area contributed by atoms with E-state index in [0.717, 1.165) is 6.54 Å². The molecule has 0 bridgehead atoms. The van der Waals surface area contributed by atoms with Gasteiger partial charge in [-0.3, -0.25) is 9.69 Å². The van der Waals surface area contributed by atoms with E-state index in [1.54, 1.807) is 0 Å². The van der Waals surface area contributed by atoms with Crippen LogP contribution in [0.3, 0.4) is 0 Å². The third kappa shape index (κ3) is 5.01. The molecule has 1 aliphatic carbocycles. The van der Waals surface area contributed by atoms with Crippen molar-refractivity contribution in [2.24, 2.45) is 11.7 Å². The van der Waals surface area contributed by atoms with Crippen molar-refractivity contribution in [3.63, 3.8) is 0 Å². The molecular formula is C15H23N3O. The lowest BCUT2D eigenvalue weighted by molar-refractivity contribution is -0.122. The minimum atomic E-state index is 0.0505. The van der Waals surface area contributed by atoms with Crippen molar-refractivity contribution in [1.29, 1.82) is 0 Å². The van der Waals surface area contributed by atoms with Gasteiger partial charge in [0.05, 0.1) is 6.54 Å². The van der Waals surface area contributed by atoms with Gasteiger partial charge in [0.15, 0.2) is 0 Å². The van der Waals surface area contributed by atoms with Crippen molar-refractivity contribution in [3.05, 3.63) is 35.9 Å². The zero-order chi connectivity index (χ0) is 13.7. The number of amides is 1. The Bertz CT molecular complexity index is 403. The summed E-state index contributed by atoms with van der Waals surface area (Å²) in [6.45, 7) is 1.79. The molecule has 1 aromatic carbocycles. The molecule has 0 spiro atoms. The molecule has 1 aliphatic rings. The lowest BCUT2D eigenvalue weighted by atomic mass is 10.2. The third-order valence-electron chi connectivity index (χ3n) is 3.47. The topological polar surface area (TPSA) is 58.4 Å². The molecule has 0 aromatic heterocycles. The van der Waals surface area contributed by atoms with E-state index in [9.17, 15) is 4.79 Å². The van der Waals surface area contributed by atoms with Gasteiger partial charge < -0.3 is 11.1 Å². The zero-order valence-electron chi connectivity index (χ0n) is 11.5. The van der Waals surface area contributed by atoms with Gasteiger partial charge in [-0.1, -0.05) is 30.3 Å². The van der Waals surface area contributed by atoms with E-state index in [1.807, 2.05) is 30.1 Å². The first-order valence-corrected chi connectivity index (χ1v) is 6.90. The molecule has 3 N–H and O–H groups in total. The Morgan fingerprint density at radius 3 is 2.74 bits per heavy atom. The highest BCUT2D eigenvalue weighted by Crippen LogP contribution is 2.31. The van der Waals surface area contributed by atoms with Gasteiger partial charge in [0.1, 0.15) is 0 Å². The van der Waals surface area contributed by atoms with E-state index in [0.29, 0.717) is 19.0 Å². The summed E-state index contributed by atoms with van der Waals surface area (Å²) in [5.41, 5.74) is 7.17. The van der Waals surface area contributed by atoms with Crippen LogP contribution in [0.15, 0.2) is 30.3 Å². The molecule has 1 amide bonds. The van der Waals surface area contributed by atoms with Crippen LogP contribution in [0.2, 0.25) is 0 Å². The van der Waals surface area contributed by atoms with Gasteiger partial charge in [-0.05, 0) is 31.4 Å².